The molecule has 0 bridgehead atoms. The van der Waals surface area contributed by atoms with Gasteiger partial charge in [0.25, 0.3) is 0 Å². The fourth-order valence-corrected chi connectivity index (χ4v) is 1.46. The van der Waals surface area contributed by atoms with Crippen LogP contribution in [0, 0.1) is 5.41 Å². The Hall–Kier alpha value is -1.16. The minimum absolute atomic E-state index is 0.201. The topological polar surface area (TPSA) is 44.1 Å². The van der Waals surface area contributed by atoms with Crippen molar-refractivity contribution >= 4 is 6.29 Å². The lowest BCUT2D eigenvalue weighted by Gasteiger charge is -2.37. The van der Waals surface area contributed by atoms with Crippen LogP contribution in [0.2, 0.25) is 0 Å². The first-order valence-corrected chi connectivity index (χ1v) is 4.27. The molecule has 1 fully saturated rings. The molecule has 0 aliphatic carbocycles. The molecule has 0 atom stereocenters. The third-order valence-electron chi connectivity index (χ3n) is 2.23. The van der Waals surface area contributed by atoms with Gasteiger partial charge in [0.1, 0.15) is 0 Å². The molecule has 0 aromatic carbocycles. The molecule has 0 amide bonds. The number of aromatic nitrogens is 2. The van der Waals surface area contributed by atoms with E-state index in [1.165, 1.54) is 0 Å². The van der Waals surface area contributed by atoms with Gasteiger partial charge in [-0.3, -0.25) is 9.48 Å². The molecule has 1 saturated heterocycles. The summed E-state index contributed by atoms with van der Waals surface area (Å²) >= 11 is 0. The molecule has 2 heterocycles. The number of rotatable bonds is 3. The lowest BCUT2D eigenvalue weighted by atomic mass is 9.89. The summed E-state index contributed by atoms with van der Waals surface area (Å²) in [5.74, 6) is 0. The number of aldehydes is 1. The Morgan fingerprint density at radius 2 is 2.54 bits per heavy atom. The molecule has 70 valence electrons. The largest absolute Gasteiger partial charge is 0.380 e. The predicted octanol–water partition coefficient (Wildman–Crippen LogP) is 0.732. The van der Waals surface area contributed by atoms with Crippen molar-refractivity contribution < 1.29 is 9.53 Å². The van der Waals surface area contributed by atoms with Gasteiger partial charge < -0.3 is 4.74 Å². The van der Waals surface area contributed by atoms with Crippen molar-refractivity contribution in [3.05, 3.63) is 18.0 Å². The zero-order valence-corrected chi connectivity index (χ0v) is 7.56. The molecule has 0 N–H and O–H groups in total. The van der Waals surface area contributed by atoms with Gasteiger partial charge in [0.15, 0.2) is 6.29 Å². The zero-order chi connectivity index (χ0) is 9.31. The molecular formula is C9H12N2O2. The molecule has 4 nitrogen and oxygen atoms in total. The van der Waals surface area contributed by atoms with Crippen LogP contribution < -0.4 is 0 Å². The molecular weight excluding hydrogens is 168 g/mol. The van der Waals surface area contributed by atoms with E-state index in [-0.39, 0.29) is 5.41 Å². The first-order valence-electron chi connectivity index (χ1n) is 4.27. The number of carbonyl (C=O) groups is 1. The number of carbonyl (C=O) groups excluding carboxylic acids is 1. The number of hydrogen-bond acceptors (Lipinski definition) is 3. The van der Waals surface area contributed by atoms with Crippen LogP contribution >= 0.6 is 0 Å². The highest BCUT2D eigenvalue weighted by atomic mass is 16.5. The molecule has 0 radical (unpaired) electrons. The summed E-state index contributed by atoms with van der Waals surface area (Å²) in [6.45, 7) is 4.53. The fraction of sp³-hybridized carbons (Fsp3) is 0.556. The third-order valence-corrected chi connectivity index (χ3v) is 2.23. The number of ether oxygens (including phenoxy) is 1. The normalized spacial score (nSPS) is 19.5. The highest BCUT2D eigenvalue weighted by Gasteiger charge is 2.33. The number of hydrogen-bond donors (Lipinski definition) is 0. The van der Waals surface area contributed by atoms with Crippen LogP contribution in [0.5, 0.6) is 0 Å². The maximum atomic E-state index is 10.4. The molecule has 13 heavy (non-hydrogen) atoms. The van der Waals surface area contributed by atoms with Crippen molar-refractivity contribution in [1.82, 2.24) is 9.78 Å². The average molecular weight is 180 g/mol. The molecule has 2 rings (SSSR count). The summed E-state index contributed by atoms with van der Waals surface area (Å²) in [7, 11) is 0. The van der Waals surface area contributed by atoms with E-state index >= 15 is 0 Å². The van der Waals surface area contributed by atoms with Gasteiger partial charge in [-0.2, -0.15) is 5.10 Å². The second-order valence-electron chi connectivity index (χ2n) is 3.89. The van der Waals surface area contributed by atoms with Gasteiger partial charge in [-0.15, -0.1) is 0 Å². The molecule has 4 heteroatoms. The van der Waals surface area contributed by atoms with Crippen LogP contribution in [-0.2, 0) is 11.3 Å². The van der Waals surface area contributed by atoms with E-state index in [1.807, 2.05) is 0 Å². The van der Waals surface area contributed by atoms with Crippen molar-refractivity contribution in [3.63, 3.8) is 0 Å². The summed E-state index contributed by atoms with van der Waals surface area (Å²) < 4.78 is 6.93. The summed E-state index contributed by atoms with van der Waals surface area (Å²) in [5.41, 5.74) is 0.829. The molecule has 1 aliphatic heterocycles. The maximum Gasteiger partial charge on any atom is 0.153 e. The molecule has 0 spiro atoms. The maximum absolute atomic E-state index is 10.4. The van der Waals surface area contributed by atoms with Crippen LogP contribution in [0.1, 0.15) is 17.3 Å². The van der Waals surface area contributed by atoms with Crippen LogP contribution in [0.4, 0.5) is 0 Å². The van der Waals surface area contributed by atoms with Gasteiger partial charge in [-0.25, -0.2) is 0 Å². The first-order chi connectivity index (χ1) is 6.22. The molecule has 1 aromatic heterocycles. The van der Waals surface area contributed by atoms with Crippen LogP contribution in [0.25, 0.3) is 0 Å². The Morgan fingerprint density at radius 3 is 3.00 bits per heavy atom. The fourth-order valence-electron chi connectivity index (χ4n) is 1.46. The summed E-state index contributed by atoms with van der Waals surface area (Å²) in [6.07, 6.45) is 4.15. The van der Waals surface area contributed by atoms with E-state index in [4.69, 9.17) is 4.74 Å². The van der Waals surface area contributed by atoms with E-state index in [9.17, 15) is 4.79 Å². The van der Waals surface area contributed by atoms with E-state index in [1.54, 1.807) is 17.1 Å². The van der Waals surface area contributed by atoms with Gasteiger partial charge in [-0.1, -0.05) is 6.92 Å². The van der Waals surface area contributed by atoms with Crippen molar-refractivity contribution in [2.24, 2.45) is 5.41 Å². The van der Waals surface area contributed by atoms with Crippen LogP contribution in [0.15, 0.2) is 12.4 Å². The van der Waals surface area contributed by atoms with E-state index in [0.717, 1.165) is 26.0 Å². The SMILES string of the molecule is CC1(Cn2cc(C=O)cn2)COC1. The summed E-state index contributed by atoms with van der Waals surface area (Å²) in [4.78, 5) is 10.4. The van der Waals surface area contributed by atoms with Crippen LogP contribution in [-0.4, -0.2) is 29.3 Å². The van der Waals surface area contributed by atoms with E-state index < -0.39 is 0 Å². The Labute approximate surface area is 76.5 Å². The number of nitrogens with zero attached hydrogens (tertiary/aromatic N) is 2. The van der Waals surface area contributed by atoms with Gasteiger partial charge in [0, 0.05) is 11.6 Å². The first kappa shape index (κ1) is 8.44. The molecule has 0 unspecified atom stereocenters. The van der Waals surface area contributed by atoms with Crippen molar-refractivity contribution in [2.45, 2.75) is 13.5 Å². The van der Waals surface area contributed by atoms with E-state index in [2.05, 4.69) is 12.0 Å². The third kappa shape index (κ3) is 1.62. The van der Waals surface area contributed by atoms with Gasteiger partial charge in [0.05, 0.1) is 31.5 Å². The minimum Gasteiger partial charge on any atom is -0.380 e. The molecule has 1 aromatic rings. The Morgan fingerprint density at radius 1 is 1.77 bits per heavy atom. The van der Waals surface area contributed by atoms with Crippen molar-refractivity contribution in [3.8, 4) is 0 Å². The second-order valence-corrected chi connectivity index (χ2v) is 3.89. The summed E-state index contributed by atoms with van der Waals surface area (Å²) in [6, 6.07) is 0. The average Bonchev–Trinajstić information content (AvgIpc) is 2.49. The van der Waals surface area contributed by atoms with E-state index in [0.29, 0.717) is 5.56 Å². The predicted molar refractivity (Wildman–Crippen MR) is 46.5 cm³/mol. The Bertz CT molecular complexity index is 315. The van der Waals surface area contributed by atoms with Crippen molar-refractivity contribution in [2.75, 3.05) is 13.2 Å². The summed E-state index contributed by atoms with van der Waals surface area (Å²) in [5, 5.41) is 4.08. The molecule has 0 saturated carbocycles. The van der Waals surface area contributed by atoms with Gasteiger partial charge >= 0.3 is 0 Å². The van der Waals surface area contributed by atoms with Crippen LogP contribution in [0.3, 0.4) is 0 Å². The van der Waals surface area contributed by atoms with Gasteiger partial charge in [0.2, 0.25) is 0 Å². The highest BCUT2D eigenvalue weighted by molar-refractivity contribution is 5.73. The lowest BCUT2D eigenvalue weighted by molar-refractivity contribution is -0.111. The Balaban J connectivity index is 2.04. The smallest absolute Gasteiger partial charge is 0.153 e. The minimum atomic E-state index is 0.201. The zero-order valence-electron chi connectivity index (χ0n) is 7.56. The highest BCUT2D eigenvalue weighted by Crippen LogP contribution is 2.28. The monoisotopic (exact) mass is 180 g/mol. The Kier molecular flexibility index (Phi) is 1.92. The molecule has 1 aliphatic rings. The quantitative estimate of drug-likeness (QED) is 0.644. The lowest BCUT2D eigenvalue weighted by Crippen LogP contribution is -2.43. The van der Waals surface area contributed by atoms with Gasteiger partial charge in [-0.05, 0) is 0 Å². The standard InChI is InChI=1S/C9H12N2O2/c1-9(6-13-7-9)5-11-3-8(4-12)2-10-11/h2-4H,5-7H2,1H3. The second kappa shape index (κ2) is 2.96. The van der Waals surface area contributed by atoms with Crippen molar-refractivity contribution in [1.29, 1.82) is 0 Å².